The van der Waals surface area contributed by atoms with Gasteiger partial charge in [0.15, 0.2) is 11.5 Å². The van der Waals surface area contributed by atoms with Crippen LogP contribution in [0.5, 0.6) is 11.5 Å². The van der Waals surface area contributed by atoms with Gasteiger partial charge in [0.25, 0.3) is 0 Å². The molecule has 24 heavy (non-hydrogen) atoms. The van der Waals surface area contributed by atoms with E-state index >= 15 is 0 Å². The average molecular weight is 351 g/mol. The SMILES string of the molecule is COc1cc(NS(=O)(=O)Cc2ccccc2)c(C(=O)O)cc1OC. The van der Waals surface area contributed by atoms with Gasteiger partial charge in [-0.1, -0.05) is 30.3 Å². The van der Waals surface area contributed by atoms with Crippen molar-refractivity contribution < 1.29 is 27.8 Å². The van der Waals surface area contributed by atoms with Gasteiger partial charge in [0.1, 0.15) is 0 Å². The second-order valence-corrected chi connectivity index (χ2v) is 6.63. The van der Waals surface area contributed by atoms with Crippen LogP contribution in [-0.4, -0.2) is 33.7 Å². The van der Waals surface area contributed by atoms with Crippen molar-refractivity contribution in [2.45, 2.75) is 5.75 Å². The molecule has 128 valence electrons. The number of methoxy groups -OCH3 is 2. The Bertz CT molecular complexity index is 833. The molecule has 0 aliphatic heterocycles. The van der Waals surface area contributed by atoms with Crippen molar-refractivity contribution in [3.05, 3.63) is 53.6 Å². The predicted octanol–water partition coefficient (Wildman–Crippen LogP) is 2.34. The second-order valence-electron chi connectivity index (χ2n) is 4.90. The minimum atomic E-state index is -3.80. The molecule has 0 spiro atoms. The van der Waals surface area contributed by atoms with Crippen molar-refractivity contribution in [3.63, 3.8) is 0 Å². The second kappa shape index (κ2) is 7.22. The first kappa shape index (κ1) is 17.6. The number of aromatic carboxylic acids is 1. The van der Waals surface area contributed by atoms with Crippen LogP contribution in [0.25, 0.3) is 0 Å². The lowest BCUT2D eigenvalue weighted by Crippen LogP contribution is -2.17. The highest BCUT2D eigenvalue weighted by atomic mass is 32.2. The van der Waals surface area contributed by atoms with Crippen molar-refractivity contribution >= 4 is 21.7 Å². The Balaban J connectivity index is 2.38. The van der Waals surface area contributed by atoms with E-state index < -0.39 is 16.0 Å². The number of nitrogens with one attached hydrogen (secondary N) is 1. The third kappa shape index (κ3) is 4.17. The van der Waals surface area contributed by atoms with Crippen molar-refractivity contribution in [3.8, 4) is 11.5 Å². The van der Waals surface area contributed by atoms with Crippen molar-refractivity contribution in [2.24, 2.45) is 0 Å². The molecule has 2 rings (SSSR count). The van der Waals surface area contributed by atoms with E-state index in [-0.39, 0.29) is 28.5 Å². The first-order chi connectivity index (χ1) is 11.4. The Morgan fingerprint density at radius 3 is 2.21 bits per heavy atom. The molecule has 2 aromatic carbocycles. The minimum Gasteiger partial charge on any atom is -0.493 e. The predicted molar refractivity (Wildman–Crippen MR) is 89.2 cm³/mol. The summed E-state index contributed by atoms with van der Waals surface area (Å²) in [6.45, 7) is 0. The number of hydrogen-bond acceptors (Lipinski definition) is 5. The monoisotopic (exact) mass is 351 g/mol. The van der Waals surface area contributed by atoms with Crippen molar-refractivity contribution in [1.29, 1.82) is 0 Å². The van der Waals surface area contributed by atoms with Gasteiger partial charge in [-0.05, 0) is 5.56 Å². The van der Waals surface area contributed by atoms with E-state index in [9.17, 15) is 18.3 Å². The largest absolute Gasteiger partial charge is 0.493 e. The Morgan fingerprint density at radius 2 is 1.67 bits per heavy atom. The number of rotatable bonds is 7. The zero-order valence-electron chi connectivity index (χ0n) is 13.1. The quantitative estimate of drug-likeness (QED) is 0.794. The van der Waals surface area contributed by atoms with Crippen molar-refractivity contribution in [1.82, 2.24) is 0 Å². The van der Waals surface area contributed by atoms with E-state index in [1.807, 2.05) is 0 Å². The summed E-state index contributed by atoms with van der Waals surface area (Å²) in [5.41, 5.74) is 0.266. The van der Waals surface area contributed by atoms with E-state index in [2.05, 4.69) is 4.72 Å². The standard InChI is InChI=1S/C16H17NO6S/c1-22-14-8-12(16(18)19)13(9-15(14)23-2)17-24(20,21)10-11-6-4-3-5-7-11/h3-9,17H,10H2,1-2H3,(H,18,19). The fraction of sp³-hybridized carbons (Fsp3) is 0.188. The van der Waals surface area contributed by atoms with Gasteiger partial charge < -0.3 is 14.6 Å². The molecule has 2 aromatic rings. The lowest BCUT2D eigenvalue weighted by molar-refractivity contribution is 0.0697. The molecular formula is C16H17NO6S. The molecule has 0 amide bonds. The van der Waals surface area contributed by atoms with Gasteiger partial charge in [-0.15, -0.1) is 0 Å². The molecule has 2 N–H and O–H groups in total. The molecule has 0 aliphatic rings. The number of sulfonamides is 1. The van der Waals surface area contributed by atoms with Gasteiger partial charge in [0, 0.05) is 12.1 Å². The summed E-state index contributed by atoms with van der Waals surface area (Å²) in [5.74, 6) is -1.14. The lowest BCUT2D eigenvalue weighted by Gasteiger charge is -2.14. The lowest BCUT2D eigenvalue weighted by atomic mass is 10.1. The molecule has 0 radical (unpaired) electrons. The molecule has 0 aliphatic carbocycles. The Hall–Kier alpha value is -2.74. The number of carboxylic acid groups (broad SMARTS) is 1. The molecule has 7 nitrogen and oxygen atoms in total. The average Bonchev–Trinajstić information content (AvgIpc) is 2.54. The topological polar surface area (TPSA) is 102 Å². The molecule has 0 atom stereocenters. The van der Waals surface area contributed by atoms with E-state index in [0.29, 0.717) is 5.56 Å². The smallest absolute Gasteiger partial charge is 0.337 e. The van der Waals surface area contributed by atoms with Gasteiger partial charge >= 0.3 is 5.97 Å². The third-order valence-electron chi connectivity index (χ3n) is 3.22. The highest BCUT2D eigenvalue weighted by Gasteiger charge is 2.20. The van der Waals surface area contributed by atoms with Crippen LogP contribution in [0, 0.1) is 0 Å². The zero-order valence-corrected chi connectivity index (χ0v) is 14.0. The maximum absolute atomic E-state index is 12.3. The maximum Gasteiger partial charge on any atom is 0.337 e. The van der Waals surface area contributed by atoms with Gasteiger partial charge in [-0.25, -0.2) is 13.2 Å². The number of benzene rings is 2. The maximum atomic E-state index is 12.3. The molecule has 0 heterocycles. The zero-order chi connectivity index (χ0) is 17.7. The van der Waals surface area contributed by atoms with Gasteiger partial charge in [0.2, 0.25) is 10.0 Å². The van der Waals surface area contributed by atoms with E-state index in [1.165, 1.54) is 26.4 Å². The fourth-order valence-electron chi connectivity index (χ4n) is 2.14. The van der Waals surface area contributed by atoms with Crippen LogP contribution in [0.4, 0.5) is 5.69 Å². The van der Waals surface area contributed by atoms with Crippen LogP contribution in [0.3, 0.4) is 0 Å². The van der Waals surface area contributed by atoms with Gasteiger partial charge in [-0.2, -0.15) is 0 Å². The third-order valence-corrected chi connectivity index (χ3v) is 4.46. The number of anilines is 1. The number of carbonyl (C=O) groups is 1. The fourth-order valence-corrected chi connectivity index (χ4v) is 3.35. The highest BCUT2D eigenvalue weighted by molar-refractivity contribution is 7.91. The summed E-state index contributed by atoms with van der Waals surface area (Å²) in [5, 5.41) is 9.30. The van der Waals surface area contributed by atoms with Crippen LogP contribution in [-0.2, 0) is 15.8 Å². The van der Waals surface area contributed by atoms with Gasteiger partial charge in [0.05, 0.1) is 31.2 Å². The molecule has 8 heteroatoms. The summed E-state index contributed by atoms with van der Waals surface area (Å²) in [6.07, 6.45) is 0. The first-order valence-electron chi connectivity index (χ1n) is 6.90. The summed E-state index contributed by atoms with van der Waals surface area (Å²) in [7, 11) is -1.06. The van der Waals surface area contributed by atoms with Crippen LogP contribution < -0.4 is 14.2 Å². The summed E-state index contributed by atoms with van der Waals surface area (Å²) >= 11 is 0. The molecule has 0 saturated carbocycles. The Morgan fingerprint density at radius 1 is 1.08 bits per heavy atom. The summed E-state index contributed by atoms with van der Waals surface area (Å²) in [6, 6.07) is 11.1. The number of hydrogen-bond donors (Lipinski definition) is 2. The van der Waals surface area contributed by atoms with Gasteiger partial charge in [-0.3, -0.25) is 4.72 Å². The Kier molecular flexibility index (Phi) is 5.30. The number of carboxylic acids is 1. The van der Waals surface area contributed by atoms with E-state index in [4.69, 9.17) is 9.47 Å². The molecule has 0 bridgehead atoms. The van der Waals surface area contributed by atoms with Crippen molar-refractivity contribution in [2.75, 3.05) is 18.9 Å². The Labute approximate surface area is 139 Å². The molecule has 0 saturated heterocycles. The normalized spacial score (nSPS) is 10.9. The summed E-state index contributed by atoms with van der Waals surface area (Å²) in [4.78, 5) is 11.4. The molecular weight excluding hydrogens is 334 g/mol. The molecule has 0 unspecified atom stereocenters. The van der Waals surface area contributed by atoms with E-state index in [1.54, 1.807) is 30.3 Å². The minimum absolute atomic E-state index is 0.0870. The number of ether oxygens (including phenoxy) is 2. The highest BCUT2D eigenvalue weighted by Crippen LogP contribution is 2.34. The summed E-state index contributed by atoms with van der Waals surface area (Å²) < 4.78 is 37.1. The first-order valence-corrected chi connectivity index (χ1v) is 8.55. The van der Waals surface area contributed by atoms with Crippen LogP contribution in [0.1, 0.15) is 15.9 Å². The molecule has 0 fully saturated rings. The molecule has 0 aromatic heterocycles. The van der Waals surface area contributed by atoms with Crippen LogP contribution in [0.15, 0.2) is 42.5 Å². The van der Waals surface area contributed by atoms with Crippen LogP contribution in [0.2, 0.25) is 0 Å². The van der Waals surface area contributed by atoms with E-state index in [0.717, 1.165) is 0 Å². The van der Waals surface area contributed by atoms with Crippen LogP contribution >= 0.6 is 0 Å².